The molecule has 0 unspecified atom stereocenters. The zero-order valence-corrected chi connectivity index (χ0v) is 18.1. The third-order valence-corrected chi connectivity index (χ3v) is 6.01. The van der Waals surface area contributed by atoms with E-state index in [4.69, 9.17) is 26.8 Å². The molecule has 0 fully saturated rings. The summed E-state index contributed by atoms with van der Waals surface area (Å²) in [5.41, 5.74) is 8.00. The smallest absolute Gasteiger partial charge is 0.268 e. The lowest BCUT2D eigenvalue weighted by Gasteiger charge is -2.09. The van der Waals surface area contributed by atoms with Gasteiger partial charge in [0.15, 0.2) is 11.5 Å². The molecule has 0 spiro atoms. The number of hydrogen-bond donors (Lipinski definition) is 2. The molecule has 0 saturated heterocycles. The van der Waals surface area contributed by atoms with Gasteiger partial charge in [0.25, 0.3) is 5.91 Å². The number of methoxy groups -OCH3 is 2. The highest BCUT2D eigenvalue weighted by Crippen LogP contribution is 2.36. The van der Waals surface area contributed by atoms with Gasteiger partial charge in [-0.3, -0.25) is 4.79 Å². The quantitative estimate of drug-likeness (QED) is 0.407. The van der Waals surface area contributed by atoms with Crippen LogP contribution >= 0.6 is 22.9 Å². The van der Waals surface area contributed by atoms with E-state index in [1.54, 1.807) is 26.4 Å². The molecule has 4 aromatic rings. The number of amides is 1. The second-order valence-electron chi connectivity index (χ2n) is 6.54. The van der Waals surface area contributed by atoms with Gasteiger partial charge in [-0.2, -0.15) is 0 Å². The molecule has 31 heavy (non-hydrogen) atoms. The van der Waals surface area contributed by atoms with Crippen molar-refractivity contribution in [3.63, 3.8) is 0 Å². The van der Waals surface area contributed by atoms with Gasteiger partial charge < -0.3 is 20.5 Å². The first-order valence-corrected chi connectivity index (χ1v) is 10.3. The number of anilines is 2. The standard InChI is InChI=1S/C22H17ClFN3O3S/c1-29-17-8-3-11(9-18(17)30-2)15-7-5-13-19(25)20(31-22(13)27-15)21(28)26-16-6-4-12(23)10-14(16)24/h3-10H,25H2,1-2H3,(H,26,28). The zero-order chi connectivity index (χ0) is 22.1. The largest absolute Gasteiger partial charge is 0.493 e. The molecule has 9 heteroatoms. The number of nitrogens with one attached hydrogen (secondary N) is 1. The van der Waals surface area contributed by atoms with Crippen molar-refractivity contribution in [1.29, 1.82) is 0 Å². The van der Waals surface area contributed by atoms with E-state index in [-0.39, 0.29) is 15.6 Å². The number of benzene rings is 2. The van der Waals surface area contributed by atoms with Gasteiger partial charge in [-0.1, -0.05) is 11.6 Å². The molecule has 0 bridgehead atoms. The number of ether oxygens (including phenoxy) is 2. The molecule has 0 aliphatic heterocycles. The number of hydrogen-bond acceptors (Lipinski definition) is 6. The van der Waals surface area contributed by atoms with E-state index in [1.165, 1.54) is 12.1 Å². The number of nitrogen functional groups attached to an aromatic ring is 1. The number of pyridine rings is 1. The monoisotopic (exact) mass is 457 g/mol. The Balaban J connectivity index is 1.68. The highest BCUT2D eigenvalue weighted by Gasteiger charge is 2.19. The van der Waals surface area contributed by atoms with Crippen LogP contribution in [0.15, 0.2) is 48.5 Å². The molecule has 0 aliphatic carbocycles. The number of thiophene rings is 1. The molecule has 6 nitrogen and oxygen atoms in total. The summed E-state index contributed by atoms with van der Waals surface area (Å²) in [7, 11) is 3.13. The maximum Gasteiger partial charge on any atom is 0.268 e. The Labute approximate surface area is 186 Å². The molecule has 2 aromatic heterocycles. The fourth-order valence-corrected chi connectivity index (χ4v) is 4.24. The molecule has 2 heterocycles. The van der Waals surface area contributed by atoms with Crippen molar-refractivity contribution in [1.82, 2.24) is 4.98 Å². The van der Waals surface area contributed by atoms with Crippen LogP contribution in [-0.4, -0.2) is 25.1 Å². The number of rotatable bonds is 5. The lowest BCUT2D eigenvalue weighted by Crippen LogP contribution is -2.13. The number of fused-ring (bicyclic) bond motifs is 1. The fourth-order valence-electron chi connectivity index (χ4n) is 3.09. The summed E-state index contributed by atoms with van der Waals surface area (Å²) >= 11 is 6.89. The van der Waals surface area contributed by atoms with Crippen LogP contribution in [0.3, 0.4) is 0 Å². The minimum Gasteiger partial charge on any atom is -0.493 e. The molecular formula is C22H17ClFN3O3S. The first-order chi connectivity index (χ1) is 14.9. The summed E-state index contributed by atoms with van der Waals surface area (Å²) in [5, 5.41) is 3.42. The SMILES string of the molecule is COc1ccc(-c2ccc3c(N)c(C(=O)Nc4ccc(Cl)cc4F)sc3n2)cc1OC. The van der Waals surface area contributed by atoms with Crippen molar-refractivity contribution < 1.29 is 18.7 Å². The lowest BCUT2D eigenvalue weighted by molar-refractivity contribution is 0.103. The van der Waals surface area contributed by atoms with Crippen molar-refractivity contribution in [3.8, 4) is 22.8 Å². The van der Waals surface area contributed by atoms with Crippen molar-refractivity contribution in [3.05, 3.63) is 64.2 Å². The second-order valence-corrected chi connectivity index (χ2v) is 7.98. The number of halogens is 2. The van der Waals surface area contributed by atoms with Crippen LogP contribution in [0, 0.1) is 5.82 Å². The maximum atomic E-state index is 14.0. The third-order valence-electron chi connectivity index (χ3n) is 4.66. The molecular weight excluding hydrogens is 441 g/mol. The molecule has 3 N–H and O–H groups in total. The number of carbonyl (C=O) groups is 1. The van der Waals surface area contributed by atoms with Crippen molar-refractivity contribution >= 4 is 50.4 Å². The van der Waals surface area contributed by atoms with Crippen LogP contribution in [-0.2, 0) is 0 Å². The summed E-state index contributed by atoms with van der Waals surface area (Å²) in [6, 6.07) is 13.1. The van der Waals surface area contributed by atoms with E-state index in [0.717, 1.165) is 23.0 Å². The summed E-state index contributed by atoms with van der Waals surface area (Å²) in [6.45, 7) is 0. The van der Waals surface area contributed by atoms with Crippen molar-refractivity contribution in [2.45, 2.75) is 0 Å². The van der Waals surface area contributed by atoms with E-state index in [0.29, 0.717) is 33.1 Å². The van der Waals surface area contributed by atoms with Crippen LogP contribution in [0.1, 0.15) is 9.67 Å². The predicted octanol–water partition coefficient (Wildman–Crippen LogP) is 5.61. The Hall–Kier alpha value is -3.36. The Bertz CT molecular complexity index is 1310. The van der Waals surface area contributed by atoms with E-state index in [2.05, 4.69) is 10.3 Å². The summed E-state index contributed by atoms with van der Waals surface area (Å²) in [5.74, 6) is 0.0440. The molecule has 2 aromatic carbocycles. The van der Waals surface area contributed by atoms with Gasteiger partial charge in [0, 0.05) is 16.0 Å². The maximum absolute atomic E-state index is 14.0. The Morgan fingerprint density at radius 2 is 1.87 bits per heavy atom. The molecule has 158 valence electrons. The highest BCUT2D eigenvalue weighted by atomic mass is 35.5. The topological polar surface area (TPSA) is 86.5 Å². The minimum absolute atomic E-state index is 0.0187. The summed E-state index contributed by atoms with van der Waals surface area (Å²) in [6.07, 6.45) is 0. The predicted molar refractivity (Wildman–Crippen MR) is 122 cm³/mol. The molecule has 4 rings (SSSR count). The summed E-state index contributed by atoms with van der Waals surface area (Å²) in [4.78, 5) is 18.2. The molecule has 0 saturated carbocycles. The fraction of sp³-hybridized carbons (Fsp3) is 0.0909. The van der Waals surface area contributed by atoms with Crippen LogP contribution < -0.4 is 20.5 Å². The number of nitrogens with zero attached hydrogens (tertiary/aromatic N) is 1. The van der Waals surface area contributed by atoms with Crippen LogP contribution in [0.2, 0.25) is 5.02 Å². The van der Waals surface area contributed by atoms with Gasteiger partial charge in [-0.05, 0) is 48.5 Å². The van der Waals surface area contributed by atoms with Crippen LogP contribution in [0.25, 0.3) is 21.5 Å². The van der Waals surface area contributed by atoms with Crippen molar-refractivity contribution in [2.24, 2.45) is 0 Å². The highest BCUT2D eigenvalue weighted by molar-refractivity contribution is 7.21. The van der Waals surface area contributed by atoms with Gasteiger partial charge in [0.1, 0.15) is 15.5 Å². The van der Waals surface area contributed by atoms with Crippen LogP contribution in [0.4, 0.5) is 15.8 Å². The molecule has 0 aliphatic rings. The minimum atomic E-state index is -0.630. The molecule has 0 atom stereocenters. The van der Waals surface area contributed by atoms with E-state index >= 15 is 0 Å². The van der Waals surface area contributed by atoms with Gasteiger partial charge in [-0.15, -0.1) is 11.3 Å². The number of carbonyl (C=O) groups excluding carboxylic acids is 1. The average Bonchev–Trinajstić information content (AvgIpc) is 3.11. The average molecular weight is 458 g/mol. The van der Waals surface area contributed by atoms with E-state index < -0.39 is 11.7 Å². The number of aromatic nitrogens is 1. The molecule has 0 radical (unpaired) electrons. The Kier molecular flexibility index (Phi) is 5.67. The van der Waals surface area contributed by atoms with Gasteiger partial charge in [0.2, 0.25) is 0 Å². The van der Waals surface area contributed by atoms with E-state index in [1.807, 2.05) is 18.2 Å². The molecule has 1 amide bonds. The normalized spacial score (nSPS) is 10.8. The summed E-state index contributed by atoms with van der Waals surface area (Å²) < 4.78 is 24.6. The van der Waals surface area contributed by atoms with Gasteiger partial charge in [0.05, 0.1) is 31.3 Å². The first kappa shape index (κ1) is 20.9. The second kappa shape index (κ2) is 8.41. The first-order valence-electron chi connectivity index (χ1n) is 9.09. The van der Waals surface area contributed by atoms with Gasteiger partial charge >= 0.3 is 0 Å². The number of nitrogens with two attached hydrogens (primary N) is 1. The third kappa shape index (κ3) is 3.99. The van der Waals surface area contributed by atoms with E-state index in [9.17, 15) is 9.18 Å². The zero-order valence-electron chi connectivity index (χ0n) is 16.5. The Morgan fingerprint density at radius 1 is 1.10 bits per heavy atom. The van der Waals surface area contributed by atoms with Gasteiger partial charge in [-0.25, -0.2) is 9.37 Å². The van der Waals surface area contributed by atoms with Crippen molar-refractivity contribution in [2.75, 3.05) is 25.3 Å². The van der Waals surface area contributed by atoms with Crippen LogP contribution in [0.5, 0.6) is 11.5 Å². The lowest BCUT2D eigenvalue weighted by atomic mass is 10.1. The Morgan fingerprint density at radius 3 is 2.58 bits per heavy atom.